The molecule has 1 aliphatic heterocycles. The van der Waals surface area contributed by atoms with Crippen LogP contribution in [0.15, 0.2) is 46.4 Å². The van der Waals surface area contributed by atoms with Crippen molar-refractivity contribution in [3.63, 3.8) is 0 Å². The molecule has 2 aromatic heterocycles. The molecule has 1 N–H and O–H groups in total. The van der Waals surface area contributed by atoms with Crippen LogP contribution in [0.25, 0.3) is 0 Å². The van der Waals surface area contributed by atoms with Gasteiger partial charge in [0.25, 0.3) is 5.91 Å². The van der Waals surface area contributed by atoms with Gasteiger partial charge in [-0.3, -0.25) is 14.9 Å². The molecule has 8 heteroatoms. The molecule has 144 valence electrons. The molecule has 2 amide bonds. The van der Waals surface area contributed by atoms with Crippen LogP contribution in [0.1, 0.15) is 35.7 Å². The van der Waals surface area contributed by atoms with Gasteiger partial charge < -0.3 is 9.32 Å². The number of fused-ring (bicyclic) bond motifs is 1. The lowest BCUT2D eigenvalue weighted by atomic mass is 9.87. The van der Waals surface area contributed by atoms with Crippen LogP contribution < -0.4 is 10.2 Å². The zero-order valence-corrected chi connectivity index (χ0v) is 16.9. The van der Waals surface area contributed by atoms with E-state index in [0.717, 1.165) is 11.3 Å². The van der Waals surface area contributed by atoms with Crippen LogP contribution in [-0.4, -0.2) is 23.3 Å². The Morgan fingerprint density at radius 1 is 1.32 bits per heavy atom. The van der Waals surface area contributed by atoms with E-state index in [1.807, 2.05) is 18.2 Å². The maximum atomic E-state index is 12.9. The summed E-state index contributed by atoms with van der Waals surface area (Å²) in [7, 11) is 0. The number of hydrogen-bond donors (Lipinski definition) is 1. The van der Waals surface area contributed by atoms with Crippen LogP contribution >= 0.6 is 22.9 Å². The summed E-state index contributed by atoms with van der Waals surface area (Å²) in [6.07, 6.45) is 1.58. The number of rotatable bonds is 4. The van der Waals surface area contributed by atoms with Crippen LogP contribution in [-0.2, 0) is 16.6 Å². The first-order valence-electron chi connectivity index (χ1n) is 8.74. The van der Waals surface area contributed by atoms with Crippen LogP contribution in [0.4, 0.5) is 10.8 Å². The molecule has 3 aromatic rings. The second kappa shape index (κ2) is 7.07. The molecular formula is C20H18ClN3O3S. The maximum Gasteiger partial charge on any atom is 0.293 e. The largest absolute Gasteiger partial charge is 0.459 e. The zero-order valence-electron chi connectivity index (χ0n) is 15.4. The van der Waals surface area contributed by atoms with Crippen molar-refractivity contribution in [1.82, 2.24) is 4.98 Å². The third-order valence-corrected chi connectivity index (χ3v) is 5.78. The number of nitrogens with zero attached hydrogens (tertiary/aromatic N) is 2. The van der Waals surface area contributed by atoms with Gasteiger partial charge in [-0.15, -0.1) is 11.3 Å². The van der Waals surface area contributed by atoms with Crippen molar-refractivity contribution in [3.8, 4) is 0 Å². The molecular weight excluding hydrogens is 398 g/mol. The Labute approximate surface area is 171 Å². The van der Waals surface area contributed by atoms with Crippen molar-refractivity contribution in [2.24, 2.45) is 0 Å². The van der Waals surface area contributed by atoms with E-state index in [1.165, 1.54) is 17.6 Å². The number of carbonyl (C=O) groups excluding carboxylic acids is 2. The first-order valence-corrected chi connectivity index (χ1v) is 9.99. The molecule has 4 rings (SSSR count). The number of hydrogen-bond acceptors (Lipinski definition) is 5. The highest BCUT2D eigenvalue weighted by molar-refractivity contribution is 7.14. The van der Waals surface area contributed by atoms with E-state index in [4.69, 9.17) is 16.0 Å². The van der Waals surface area contributed by atoms with Crippen LogP contribution in [0, 0.1) is 0 Å². The predicted octanol–water partition coefficient (Wildman–Crippen LogP) is 4.51. The lowest BCUT2D eigenvalue weighted by molar-refractivity contribution is -0.118. The smallest absolute Gasteiger partial charge is 0.293 e. The standard InChI is InChI=1S/C20H18ClN3O3S/c1-20(2)11-24(14-6-3-5-13(21)17(14)20)16(25)9-12-10-28-19(22-12)23-18(26)15-7-4-8-27-15/h3-8,10H,9,11H2,1-2H3,(H,22,23,26). The fourth-order valence-electron chi connectivity index (χ4n) is 3.45. The molecule has 0 bridgehead atoms. The molecule has 1 aromatic carbocycles. The first-order chi connectivity index (χ1) is 13.3. The van der Waals surface area contributed by atoms with E-state index >= 15 is 0 Å². The molecule has 0 radical (unpaired) electrons. The zero-order chi connectivity index (χ0) is 19.9. The van der Waals surface area contributed by atoms with Crippen molar-refractivity contribution in [1.29, 1.82) is 0 Å². The quantitative estimate of drug-likeness (QED) is 0.680. The second-order valence-corrected chi connectivity index (χ2v) is 8.52. The number of halogens is 1. The summed E-state index contributed by atoms with van der Waals surface area (Å²) < 4.78 is 5.06. The highest BCUT2D eigenvalue weighted by Gasteiger charge is 2.39. The van der Waals surface area contributed by atoms with Gasteiger partial charge in [0.15, 0.2) is 10.9 Å². The second-order valence-electron chi connectivity index (χ2n) is 7.25. The molecule has 0 spiro atoms. The van der Waals surface area contributed by atoms with E-state index in [1.54, 1.807) is 22.4 Å². The van der Waals surface area contributed by atoms with Gasteiger partial charge in [-0.1, -0.05) is 31.5 Å². The molecule has 0 saturated carbocycles. The van der Waals surface area contributed by atoms with Crippen molar-refractivity contribution < 1.29 is 14.0 Å². The summed E-state index contributed by atoms with van der Waals surface area (Å²) in [5, 5.41) is 5.55. The summed E-state index contributed by atoms with van der Waals surface area (Å²) in [6.45, 7) is 4.73. The Hall–Kier alpha value is -2.64. The van der Waals surface area contributed by atoms with Crippen molar-refractivity contribution in [3.05, 3.63) is 64.0 Å². The number of benzene rings is 1. The first kappa shape index (κ1) is 18.7. The molecule has 0 unspecified atom stereocenters. The minimum absolute atomic E-state index is 0.0525. The number of nitrogens with one attached hydrogen (secondary N) is 1. The normalized spacial score (nSPS) is 14.8. The van der Waals surface area contributed by atoms with E-state index in [0.29, 0.717) is 22.4 Å². The summed E-state index contributed by atoms with van der Waals surface area (Å²) in [5.41, 5.74) is 2.24. The van der Waals surface area contributed by atoms with E-state index in [-0.39, 0.29) is 29.4 Å². The fourth-order valence-corrected chi connectivity index (χ4v) is 4.58. The van der Waals surface area contributed by atoms with E-state index in [2.05, 4.69) is 24.1 Å². The summed E-state index contributed by atoms with van der Waals surface area (Å²) in [4.78, 5) is 31.1. The molecule has 1 aliphatic rings. The molecule has 28 heavy (non-hydrogen) atoms. The lowest BCUT2D eigenvalue weighted by Gasteiger charge is -2.20. The summed E-state index contributed by atoms with van der Waals surface area (Å²) in [5.74, 6) is -0.217. The highest BCUT2D eigenvalue weighted by Crippen LogP contribution is 2.44. The highest BCUT2D eigenvalue weighted by atomic mass is 35.5. The SMILES string of the molecule is CC1(C)CN(C(=O)Cc2csc(NC(=O)c3ccco3)n2)c2cccc(Cl)c21. The summed E-state index contributed by atoms with van der Waals surface area (Å²) >= 11 is 7.65. The number of aromatic nitrogens is 1. The number of furan rings is 1. The van der Waals surface area contributed by atoms with Gasteiger partial charge in [0.1, 0.15) is 0 Å². The Kier molecular flexibility index (Phi) is 4.72. The third kappa shape index (κ3) is 3.43. The molecule has 3 heterocycles. The predicted molar refractivity (Wildman–Crippen MR) is 109 cm³/mol. The Morgan fingerprint density at radius 3 is 2.89 bits per heavy atom. The van der Waals surface area contributed by atoms with E-state index in [9.17, 15) is 9.59 Å². The van der Waals surface area contributed by atoms with Gasteiger partial charge in [-0.25, -0.2) is 4.98 Å². The van der Waals surface area contributed by atoms with Gasteiger partial charge in [-0.2, -0.15) is 0 Å². The minimum Gasteiger partial charge on any atom is -0.459 e. The molecule has 0 fully saturated rings. The number of amides is 2. The van der Waals surface area contributed by atoms with Crippen molar-refractivity contribution >= 4 is 45.6 Å². The lowest BCUT2D eigenvalue weighted by Crippen LogP contribution is -2.35. The fraction of sp³-hybridized carbons (Fsp3) is 0.250. The van der Waals surface area contributed by atoms with Crippen molar-refractivity contribution in [2.45, 2.75) is 25.7 Å². The Balaban J connectivity index is 1.48. The van der Waals surface area contributed by atoms with Gasteiger partial charge in [0.2, 0.25) is 5.91 Å². The van der Waals surface area contributed by atoms with Gasteiger partial charge in [0, 0.05) is 33.6 Å². The van der Waals surface area contributed by atoms with Crippen LogP contribution in [0.2, 0.25) is 5.02 Å². The summed E-state index contributed by atoms with van der Waals surface area (Å²) in [6, 6.07) is 8.84. The molecule has 0 saturated heterocycles. The minimum atomic E-state index is -0.373. The van der Waals surface area contributed by atoms with Gasteiger partial charge in [-0.05, 0) is 24.3 Å². The average Bonchev–Trinajstić information content (AvgIpc) is 3.35. The van der Waals surface area contributed by atoms with Crippen molar-refractivity contribution in [2.75, 3.05) is 16.8 Å². The van der Waals surface area contributed by atoms with Crippen LogP contribution in [0.5, 0.6) is 0 Å². The Bertz CT molecular complexity index is 1040. The maximum absolute atomic E-state index is 12.9. The number of anilines is 2. The van der Waals surface area contributed by atoms with Crippen LogP contribution in [0.3, 0.4) is 0 Å². The number of carbonyl (C=O) groups is 2. The monoisotopic (exact) mass is 415 g/mol. The Morgan fingerprint density at radius 2 is 2.14 bits per heavy atom. The number of thiazole rings is 1. The average molecular weight is 416 g/mol. The molecule has 0 atom stereocenters. The van der Waals surface area contributed by atoms with Gasteiger partial charge >= 0.3 is 0 Å². The topological polar surface area (TPSA) is 75.4 Å². The van der Waals surface area contributed by atoms with E-state index < -0.39 is 0 Å². The molecule has 6 nitrogen and oxygen atoms in total. The third-order valence-electron chi connectivity index (χ3n) is 4.66. The molecule has 0 aliphatic carbocycles. The van der Waals surface area contributed by atoms with Gasteiger partial charge in [0.05, 0.1) is 18.4 Å².